The van der Waals surface area contributed by atoms with Crippen LogP contribution in [-0.4, -0.2) is 50.6 Å². The summed E-state index contributed by atoms with van der Waals surface area (Å²) >= 11 is 0. The highest BCUT2D eigenvalue weighted by atomic mass is 28.3. The van der Waals surface area contributed by atoms with Crippen LogP contribution >= 0.6 is 0 Å². The van der Waals surface area contributed by atoms with E-state index >= 15 is 8.78 Å². The van der Waals surface area contributed by atoms with Gasteiger partial charge in [-0.25, -0.2) is 18.6 Å². The maximum atomic E-state index is 15.3. The van der Waals surface area contributed by atoms with E-state index in [-0.39, 0.29) is 42.8 Å². The maximum Gasteiger partial charge on any atom is 0.417 e. The van der Waals surface area contributed by atoms with Crippen LogP contribution in [0.5, 0.6) is 17.2 Å². The molecule has 44 heavy (non-hydrogen) atoms. The van der Waals surface area contributed by atoms with Crippen molar-refractivity contribution in [2.24, 2.45) is 0 Å². The van der Waals surface area contributed by atoms with Gasteiger partial charge in [-0.1, -0.05) is 19.6 Å². The van der Waals surface area contributed by atoms with E-state index in [1.807, 2.05) is 10.8 Å². The number of carbonyl (C=O) groups excluding carboxylic acids is 1. The van der Waals surface area contributed by atoms with Crippen LogP contribution in [0.3, 0.4) is 0 Å². The number of halogens is 2. The first-order chi connectivity index (χ1) is 21.0. The molecule has 1 aliphatic rings. The Hall–Kier alpha value is -4.08. The molecule has 3 heterocycles. The molecule has 1 saturated heterocycles. The molecule has 4 aromatic rings. The first kappa shape index (κ1) is 31.3. The second-order valence-electron chi connectivity index (χ2n) is 11.6. The lowest BCUT2D eigenvalue weighted by Crippen LogP contribution is -2.48. The van der Waals surface area contributed by atoms with Crippen LogP contribution in [0.15, 0.2) is 54.9 Å². The van der Waals surface area contributed by atoms with E-state index in [0.717, 1.165) is 18.2 Å². The number of nitrogens with zero attached hydrogens (tertiary/aromatic N) is 2. The van der Waals surface area contributed by atoms with Gasteiger partial charge in [-0.05, 0) is 36.4 Å². The number of ether oxygens (including phenoxy) is 5. The molecule has 0 bridgehead atoms. The van der Waals surface area contributed by atoms with Gasteiger partial charge in [0.25, 0.3) is 0 Å². The number of fused-ring (bicyclic) bond motifs is 1. The van der Waals surface area contributed by atoms with Gasteiger partial charge in [0.05, 0.1) is 24.3 Å². The molecule has 2 aromatic carbocycles. The van der Waals surface area contributed by atoms with Crippen molar-refractivity contribution in [1.82, 2.24) is 9.55 Å². The van der Waals surface area contributed by atoms with Gasteiger partial charge in [-0.3, -0.25) is 5.32 Å². The van der Waals surface area contributed by atoms with E-state index in [9.17, 15) is 10.0 Å². The number of nitrogens with one attached hydrogen (secondary N) is 2. The number of hydrogen-bond acceptors (Lipinski definition) is 9. The molecule has 1 aliphatic heterocycles. The second-order valence-corrected chi connectivity index (χ2v) is 17.2. The van der Waals surface area contributed by atoms with Gasteiger partial charge in [0, 0.05) is 57.6 Å². The molecule has 2 aromatic heterocycles. The number of carbonyl (C=O) groups is 1. The number of anilines is 2. The topological polar surface area (TPSA) is 128 Å². The normalized spacial score (nSPS) is 14.2. The van der Waals surface area contributed by atoms with Crippen molar-refractivity contribution in [2.75, 3.05) is 37.7 Å². The van der Waals surface area contributed by atoms with Gasteiger partial charge in [-0.15, -0.1) is 0 Å². The number of amides is 1. The van der Waals surface area contributed by atoms with Gasteiger partial charge < -0.3 is 38.9 Å². The molecule has 0 saturated carbocycles. The molecule has 14 heteroatoms. The quantitative estimate of drug-likeness (QED) is 0.0989. The van der Waals surface area contributed by atoms with Crippen LogP contribution in [0.4, 0.5) is 25.0 Å². The molecule has 11 nitrogen and oxygen atoms in total. The summed E-state index contributed by atoms with van der Waals surface area (Å²) in [5.41, 5.74) is 2.18. The highest BCUT2D eigenvalue weighted by Crippen LogP contribution is 2.43. The number of aromatic nitrogens is 2. The minimum Gasteiger partial charge on any atom is -0.761 e. The summed E-state index contributed by atoms with van der Waals surface area (Å²) in [6, 6.07) is 9.92. The smallest absolute Gasteiger partial charge is 0.417 e. The van der Waals surface area contributed by atoms with E-state index in [2.05, 4.69) is 29.9 Å². The lowest BCUT2D eigenvalue weighted by atomic mass is 9.91. The van der Waals surface area contributed by atoms with Gasteiger partial charge in [0.2, 0.25) is 0 Å². The molecular formula is C30H33F2N4O7Si-. The van der Waals surface area contributed by atoms with E-state index in [4.69, 9.17) is 23.7 Å². The van der Waals surface area contributed by atoms with E-state index < -0.39 is 37.2 Å². The van der Waals surface area contributed by atoms with Crippen LogP contribution in [0.25, 0.3) is 11.0 Å². The SMILES string of the molecule is COC1(c2cn(COCC[Si](C)(C)C)c3nccc(Oc4c(F)cc(NC(=O)Oc5ccc(N[O-])cc5)cc4F)c23)COC1. The third-order valence-corrected chi connectivity index (χ3v) is 8.84. The summed E-state index contributed by atoms with van der Waals surface area (Å²) in [5, 5.41) is 13.5. The van der Waals surface area contributed by atoms with Crippen molar-refractivity contribution in [3.05, 3.63) is 77.3 Å². The zero-order valence-electron chi connectivity index (χ0n) is 24.7. The molecule has 0 spiro atoms. The molecule has 1 fully saturated rings. The van der Waals surface area contributed by atoms with E-state index in [0.29, 0.717) is 23.2 Å². The zero-order chi connectivity index (χ0) is 31.5. The molecule has 5 rings (SSSR count). The summed E-state index contributed by atoms with van der Waals surface area (Å²) in [7, 11) is 0.278. The van der Waals surface area contributed by atoms with E-state index in [1.54, 1.807) is 12.6 Å². The van der Waals surface area contributed by atoms with Crippen molar-refractivity contribution in [2.45, 2.75) is 38.0 Å². The van der Waals surface area contributed by atoms with Crippen LogP contribution in [-0.2, 0) is 26.5 Å². The average Bonchev–Trinajstić information content (AvgIpc) is 3.32. The highest BCUT2D eigenvalue weighted by molar-refractivity contribution is 6.76. The molecular weight excluding hydrogens is 594 g/mol. The van der Waals surface area contributed by atoms with Gasteiger partial charge in [0.1, 0.15) is 29.5 Å². The molecule has 0 atom stereocenters. The molecule has 2 N–H and O–H groups in total. The summed E-state index contributed by atoms with van der Waals surface area (Å²) < 4.78 is 60.6. The molecule has 0 unspecified atom stereocenters. The zero-order valence-corrected chi connectivity index (χ0v) is 25.7. The number of rotatable bonds is 12. The lowest BCUT2D eigenvalue weighted by molar-refractivity contribution is -0.201. The van der Waals surface area contributed by atoms with Crippen molar-refractivity contribution in [3.63, 3.8) is 0 Å². The first-order valence-corrected chi connectivity index (χ1v) is 17.6. The Kier molecular flexibility index (Phi) is 9.17. The fourth-order valence-electron chi connectivity index (χ4n) is 4.61. The van der Waals surface area contributed by atoms with Crippen LogP contribution in [0, 0.1) is 16.8 Å². The summed E-state index contributed by atoms with van der Waals surface area (Å²) in [4.78, 5) is 16.8. The van der Waals surface area contributed by atoms with Gasteiger partial charge in [-0.2, -0.15) is 0 Å². The predicted octanol–water partition coefficient (Wildman–Crippen LogP) is 6.81. The maximum absolute atomic E-state index is 15.3. The monoisotopic (exact) mass is 627 g/mol. The Bertz CT molecular complexity index is 1610. The van der Waals surface area contributed by atoms with Crippen molar-refractivity contribution in [3.8, 4) is 17.2 Å². The summed E-state index contributed by atoms with van der Waals surface area (Å²) in [5.74, 6) is -2.50. The van der Waals surface area contributed by atoms with Crippen LogP contribution < -0.4 is 20.3 Å². The highest BCUT2D eigenvalue weighted by Gasteiger charge is 2.44. The largest absolute Gasteiger partial charge is 0.761 e. The first-order valence-electron chi connectivity index (χ1n) is 13.8. The van der Waals surface area contributed by atoms with Crippen LogP contribution in [0.1, 0.15) is 5.56 Å². The average molecular weight is 628 g/mol. The van der Waals surface area contributed by atoms with Crippen molar-refractivity contribution >= 4 is 36.6 Å². The molecule has 1 amide bonds. The molecule has 0 radical (unpaired) electrons. The number of pyridine rings is 1. The third-order valence-electron chi connectivity index (χ3n) is 7.14. The fourth-order valence-corrected chi connectivity index (χ4v) is 5.36. The van der Waals surface area contributed by atoms with Crippen molar-refractivity contribution < 1.29 is 37.3 Å². The standard InChI is InChI=1S/C30H33F2N4O7Si/c1-39-30(16-41-17-30)22-15-36(18-40-11-12-44(2,3)4)28-26(22)25(9-10-33-28)43-27-23(31)13-20(14-24(27)32)34-29(37)42-21-7-5-19(35-38)6-8-21/h5-10,13-15,35H,11-12,16-18H2,1-4H3,(H,34,37)/q-1. The molecule has 0 aliphatic carbocycles. The Labute approximate surface area is 253 Å². The second kappa shape index (κ2) is 12.9. The van der Waals surface area contributed by atoms with Gasteiger partial charge in [0.15, 0.2) is 17.4 Å². The predicted molar refractivity (Wildman–Crippen MR) is 163 cm³/mol. The van der Waals surface area contributed by atoms with Crippen molar-refractivity contribution in [1.29, 1.82) is 0 Å². The Balaban J connectivity index is 1.39. The Morgan fingerprint density at radius 3 is 2.41 bits per heavy atom. The van der Waals surface area contributed by atoms with Gasteiger partial charge >= 0.3 is 6.09 Å². The minimum atomic E-state index is -1.29. The fraction of sp³-hybridized carbons (Fsp3) is 0.333. The third kappa shape index (κ3) is 6.84. The number of benzene rings is 2. The minimum absolute atomic E-state index is 0.124. The number of methoxy groups -OCH3 is 1. The van der Waals surface area contributed by atoms with E-state index in [1.165, 1.54) is 36.5 Å². The Morgan fingerprint density at radius 2 is 1.82 bits per heavy atom. The lowest BCUT2D eigenvalue weighted by Gasteiger charge is -2.40. The van der Waals surface area contributed by atoms with Crippen LogP contribution in [0.2, 0.25) is 25.7 Å². The Morgan fingerprint density at radius 1 is 1.11 bits per heavy atom. The summed E-state index contributed by atoms with van der Waals surface area (Å²) in [6.07, 6.45) is 2.35. The molecule has 234 valence electrons. The number of hydrogen-bond donors (Lipinski definition) is 2. The summed E-state index contributed by atoms with van der Waals surface area (Å²) in [6.45, 7) is 8.19.